The Balaban J connectivity index is 2.20. The topological polar surface area (TPSA) is 37.3 Å². The third kappa shape index (κ3) is 0.904. The first kappa shape index (κ1) is 10.3. The molecule has 4 aliphatic rings. The van der Waals surface area contributed by atoms with Gasteiger partial charge in [-0.2, -0.15) is 0 Å². The average molecular weight is 218 g/mol. The molecule has 16 heavy (non-hydrogen) atoms. The number of ketones is 1. The Hall–Kier alpha value is -0.890. The molecule has 2 bridgehead atoms. The smallest absolute Gasteiger partial charge is 0.150 e. The van der Waals surface area contributed by atoms with Crippen molar-refractivity contribution in [3.63, 3.8) is 0 Å². The lowest BCUT2D eigenvalue weighted by Crippen LogP contribution is -2.57. The number of allylic oxidation sites excluding steroid dienone is 4. The highest BCUT2D eigenvalue weighted by molar-refractivity contribution is 5.94. The molecule has 0 aliphatic heterocycles. The fraction of sp³-hybridized carbons (Fsp3) is 0.643. The van der Waals surface area contributed by atoms with Crippen LogP contribution in [0.1, 0.15) is 26.7 Å². The van der Waals surface area contributed by atoms with E-state index in [4.69, 9.17) is 0 Å². The quantitative estimate of drug-likeness (QED) is 0.684. The second kappa shape index (κ2) is 2.86. The lowest BCUT2D eigenvalue weighted by atomic mass is 9.47. The van der Waals surface area contributed by atoms with E-state index in [0.29, 0.717) is 5.92 Å². The van der Waals surface area contributed by atoms with Gasteiger partial charge in [-0.05, 0) is 31.1 Å². The Labute approximate surface area is 96.0 Å². The summed E-state index contributed by atoms with van der Waals surface area (Å²) in [7, 11) is 0. The maximum absolute atomic E-state index is 12.6. The van der Waals surface area contributed by atoms with Crippen LogP contribution in [0.4, 0.5) is 0 Å². The molecule has 86 valence electrons. The summed E-state index contributed by atoms with van der Waals surface area (Å²) in [4.78, 5) is 12.6. The molecule has 1 spiro atoms. The van der Waals surface area contributed by atoms with Crippen molar-refractivity contribution in [2.75, 3.05) is 6.61 Å². The summed E-state index contributed by atoms with van der Waals surface area (Å²) >= 11 is 0. The summed E-state index contributed by atoms with van der Waals surface area (Å²) in [6.07, 6.45) is 8.45. The van der Waals surface area contributed by atoms with E-state index in [1.165, 1.54) is 5.57 Å². The molecule has 4 rings (SSSR count). The van der Waals surface area contributed by atoms with Gasteiger partial charge in [-0.25, -0.2) is 0 Å². The molecule has 0 aromatic heterocycles. The van der Waals surface area contributed by atoms with Crippen molar-refractivity contribution in [3.8, 4) is 0 Å². The number of rotatable bonds is 1. The summed E-state index contributed by atoms with van der Waals surface area (Å²) in [5, 5.41) is 9.48. The van der Waals surface area contributed by atoms with Crippen molar-refractivity contribution in [1.82, 2.24) is 0 Å². The first-order valence-electron chi connectivity index (χ1n) is 6.06. The van der Waals surface area contributed by atoms with E-state index in [0.717, 1.165) is 12.8 Å². The van der Waals surface area contributed by atoms with Gasteiger partial charge in [-0.3, -0.25) is 4.79 Å². The molecule has 1 N–H and O–H groups in total. The molecular weight excluding hydrogens is 200 g/mol. The Kier molecular flexibility index (Phi) is 1.84. The van der Waals surface area contributed by atoms with Crippen molar-refractivity contribution in [1.29, 1.82) is 0 Å². The first-order chi connectivity index (χ1) is 7.54. The van der Waals surface area contributed by atoms with E-state index in [-0.39, 0.29) is 29.1 Å². The van der Waals surface area contributed by atoms with Crippen molar-refractivity contribution >= 4 is 5.78 Å². The minimum Gasteiger partial charge on any atom is -0.396 e. The normalized spacial score (nSPS) is 49.4. The predicted molar refractivity (Wildman–Crippen MR) is 61.7 cm³/mol. The Bertz CT molecular complexity index is 420. The van der Waals surface area contributed by atoms with Gasteiger partial charge < -0.3 is 5.11 Å². The van der Waals surface area contributed by atoms with Gasteiger partial charge in [-0.1, -0.05) is 30.7 Å². The molecule has 2 heteroatoms. The Morgan fingerprint density at radius 3 is 3.00 bits per heavy atom. The van der Waals surface area contributed by atoms with Crippen LogP contribution in [-0.2, 0) is 4.79 Å². The van der Waals surface area contributed by atoms with Gasteiger partial charge in [0.2, 0.25) is 0 Å². The fourth-order valence-corrected chi connectivity index (χ4v) is 4.21. The molecule has 4 atom stereocenters. The van der Waals surface area contributed by atoms with Crippen molar-refractivity contribution in [3.05, 3.63) is 23.8 Å². The van der Waals surface area contributed by atoms with Crippen LogP contribution in [0.3, 0.4) is 0 Å². The predicted octanol–water partition coefficient (Wildman–Crippen LogP) is 2.10. The molecule has 0 amide bonds. The number of aliphatic hydroxyl groups excluding tert-OH is 1. The first-order valence-corrected chi connectivity index (χ1v) is 6.06. The molecule has 1 unspecified atom stereocenters. The zero-order chi connectivity index (χ0) is 11.6. The van der Waals surface area contributed by atoms with Crippen molar-refractivity contribution in [2.45, 2.75) is 26.7 Å². The molecule has 1 saturated carbocycles. The molecule has 0 aromatic rings. The number of carbonyl (C=O) groups excluding carboxylic acids is 1. The SMILES string of the molecule is CC1=C[C@]2(C)C[C@@H]3C=CC[C@]13C(=O)C2CO. The van der Waals surface area contributed by atoms with Crippen LogP contribution in [0.5, 0.6) is 0 Å². The van der Waals surface area contributed by atoms with Gasteiger partial charge in [-0.15, -0.1) is 0 Å². The molecule has 2 nitrogen and oxygen atoms in total. The molecule has 1 fully saturated rings. The fourth-order valence-electron chi connectivity index (χ4n) is 4.21. The standard InChI is InChI=1S/C14H18O2/c1-9-6-13(2)7-10-4-3-5-14(9,10)12(16)11(13)8-15/h3-4,6,10-11,15H,5,7-8H2,1-2H3/t10-,11?,13+,14-/m0/s1. The van der Waals surface area contributed by atoms with Crippen molar-refractivity contribution < 1.29 is 9.90 Å². The molecule has 4 aliphatic carbocycles. The lowest BCUT2D eigenvalue weighted by Gasteiger charge is -2.55. The van der Waals surface area contributed by atoms with Crippen molar-refractivity contribution in [2.24, 2.45) is 22.7 Å². The maximum atomic E-state index is 12.6. The van der Waals surface area contributed by atoms with E-state index >= 15 is 0 Å². The summed E-state index contributed by atoms with van der Waals surface area (Å²) in [5.41, 5.74) is 0.813. The summed E-state index contributed by atoms with van der Waals surface area (Å²) in [5.74, 6) is 0.462. The second-order valence-corrected chi connectivity index (χ2v) is 5.85. The van der Waals surface area contributed by atoms with Gasteiger partial charge >= 0.3 is 0 Å². The third-order valence-electron chi connectivity index (χ3n) is 5.09. The third-order valence-corrected chi connectivity index (χ3v) is 5.09. The second-order valence-electron chi connectivity index (χ2n) is 5.85. The highest BCUT2D eigenvalue weighted by atomic mass is 16.3. The zero-order valence-electron chi connectivity index (χ0n) is 9.86. The van der Waals surface area contributed by atoms with Crippen LogP contribution in [0, 0.1) is 22.7 Å². The van der Waals surface area contributed by atoms with Gasteiger partial charge in [0, 0.05) is 0 Å². The Morgan fingerprint density at radius 1 is 1.56 bits per heavy atom. The lowest BCUT2D eigenvalue weighted by molar-refractivity contribution is -0.146. The van der Waals surface area contributed by atoms with Crippen LogP contribution in [0.25, 0.3) is 0 Å². The van der Waals surface area contributed by atoms with Gasteiger partial charge in [0.05, 0.1) is 17.9 Å². The van der Waals surface area contributed by atoms with Crippen LogP contribution < -0.4 is 0 Å². The van der Waals surface area contributed by atoms with Crippen LogP contribution in [0.2, 0.25) is 0 Å². The summed E-state index contributed by atoms with van der Waals surface area (Å²) in [6.45, 7) is 4.20. The molecule has 0 heterocycles. The number of aliphatic hydroxyl groups is 1. The van der Waals surface area contributed by atoms with Gasteiger partial charge in [0.25, 0.3) is 0 Å². The monoisotopic (exact) mass is 218 g/mol. The van der Waals surface area contributed by atoms with Gasteiger partial charge in [0.15, 0.2) is 0 Å². The summed E-state index contributed by atoms with van der Waals surface area (Å²) < 4.78 is 0. The minimum atomic E-state index is -0.287. The molecule has 0 aromatic carbocycles. The number of carbonyl (C=O) groups is 1. The number of hydrogen-bond donors (Lipinski definition) is 1. The van der Waals surface area contributed by atoms with Crippen LogP contribution in [-0.4, -0.2) is 17.5 Å². The van der Waals surface area contributed by atoms with Crippen LogP contribution in [0.15, 0.2) is 23.8 Å². The number of fused-ring (bicyclic) bond motifs is 1. The number of Topliss-reactive ketones (excluding diaryl/α,β-unsaturated/α-hetero) is 1. The van der Waals surface area contributed by atoms with E-state index in [1.54, 1.807) is 0 Å². The average Bonchev–Trinajstić information content (AvgIpc) is 2.61. The highest BCUT2D eigenvalue weighted by Crippen LogP contribution is 2.62. The maximum Gasteiger partial charge on any atom is 0.150 e. The summed E-state index contributed by atoms with van der Waals surface area (Å²) in [6, 6.07) is 0. The largest absolute Gasteiger partial charge is 0.396 e. The number of hydrogen-bond acceptors (Lipinski definition) is 2. The zero-order valence-corrected chi connectivity index (χ0v) is 9.86. The van der Waals surface area contributed by atoms with Gasteiger partial charge in [0.1, 0.15) is 5.78 Å². The van der Waals surface area contributed by atoms with E-state index in [1.807, 2.05) is 0 Å². The van der Waals surface area contributed by atoms with E-state index in [2.05, 4.69) is 32.1 Å². The van der Waals surface area contributed by atoms with Crippen LogP contribution >= 0.6 is 0 Å². The molecule has 0 saturated heterocycles. The minimum absolute atomic E-state index is 0.00637. The Morgan fingerprint density at radius 2 is 2.31 bits per heavy atom. The molecule has 0 radical (unpaired) electrons. The molecular formula is C14H18O2. The van der Waals surface area contributed by atoms with E-state index < -0.39 is 0 Å². The van der Waals surface area contributed by atoms with E-state index in [9.17, 15) is 9.90 Å². The highest BCUT2D eigenvalue weighted by Gasteiger charge is 2.62.